The molecule has 1 heterocycles. The van der Waals surface area contributed by atoms with Crippen molar-refractivity contribution in [1.29, 1.82) is 0 Å². The average Bonchev–Trinajstić information content (AvgIpc) is 3.12. The Morgan fingerprint density at radius 2 is 2.05 bits per heavy atom. The highest BCUT2D eigenvalue weighted by Crippen LogP contribution is 2.60. The lowest BCUT2D eigenvalue weighted by molar-refractivity contribution is -0.145. The zero-order valence-electron chi connectivity index (χ0n) is 12.3. The van der Waals surface area contributed by atoms with Crippen LogP contribution < -0.4 is 5.32 Å². The van der Waals surface area contributed by atoms with Crippen molar-refractivity contribution in [3.05, 3.63) is 29.8 Å². The predicted molar refractivity (Wildman–Crippen MR) is 85.6 cm³/mol. The van der Waals surface area contributed by atoms with Crippen LogP contribution in [0.2, 0.25) is 0 Å². The third kappa shape index (κ3) is 1.94. The molecule has 1 saturated heterocycles. The lowest BCUT2D eigenvalue weighted by atomic mass is 9.79. The fourth-order valence-electron chi connectivity index (χ4n) is 4.38. The fourth-order valence-corrected chi connectivity index (χ4v) is 5.42. The summed E-state index contributed by atoms with van der Waals surface area (Å²) in [5.74, 6) is -0.365. The zero-order valence-corrected chi connectivity index (χ0v) is 13.9. The first kappa shape index (κ1) is 14.2. The van der Waals surface area contributed by atoms with E-state index in [0.717, 1.165) is 18.5 Å². The molecule has 0 radical (unpaired) electrons. The third-order valence-electron chi connectivity index (χ3n) is 5.46. The van der Waals surface area contributed by atoms with Crippen LogP contribution in [0.4, 0.5) is 5.69 Å². The van der Waals surface area contributed by atoms with Crippen LogP contribution in [0.15, 0.2) is 24.3 Å². The number of hydrogen-bond acceptors (Lipinski definition) is 3. The number of ether oxygens (including phenoxy) is 1. The number of carbonyl (C=O) groups excluding carboxylic acids is 2. The Labute approximate surface area is 137 Å². The fraction of sp³-hybridized carbons (Fsp3) is 0.529. The molecule has 4 nitrogen and oxygen atoms in total. The van der Waals surface area contributed by atoms with Crippen LogP contribution in [-0.2, 0) is 20.7 Å². The molecule has 2 saturated carbocycles. The van der Waals surface area contributed by atoms with Gasteiger partial charge in [0.1, 0.15) is 6.10 Å². The first-order valence-corrected chi connectivity index (χ1v) is 8.76. The lowest BCUT2D eigenvalue weighted by Crippen LogP contribution is -2.40. The zero-order chi connectivity index (χ0) is 15.4. The Morgan fingerprint density at radius 1 is 1.32 bits per heavy atom. The van der Waals surface area contributed by atoms with E-state index < -0.39 is 0 Å². The second-order valence-corrected chi connectivity index (χ2v) is 7.56. The topological polar surface area (TPSA) is 55.4 Å². The smallest absolute Gasteiger partial charge is 0.310 e. The molecule has 4 rings (SSSR count). The number of fused-ring (bicyclic) bond motifs is 1. The van der Waals surface area contributed by atoms with E-state index in [1.54, 1.807) is 0 Å². The maximum atomic E-state index is 12.7. The van der Waals surface area contributed by atoms with E-state index in [2.05, 4.69) is 28.2 Å². The van der Waals surface area contributed by atoms with Gasteiger partial charge in [-0.25, -0.2) is 0 Å². The number of benzene rings is 1. The van der Waals surface area contributed by atoms with Crippen molar-refractivity contribution in [1.82, 2.24) is 0 Å². The Balaban J connectivity index is 1.54. The molecule has 2 aliphatic carbocycles. The Hall–Kier alpha value is -1.36. The lowest BCUT2D eigenvalue weighted by Gasteiger charge is -2.27. The predicted octanol–water partition coefficient (Wildman–Crippen LogP) is 2.76. The second kappa shape index (κ2) is 5.08. The van der Waals surface area contributed by atoms with E-state index in [4.69, 9.17) is 4.74 Å². The minimum Gasteiger partial charge on any atom is -0.461 e. The van der Waals surface area contributed by atoms with Crippen molar-refractivity contribution in [2.45, 2.75) is 30.7 Å². The Morgan fingerprint density at radius 3 is 2.73 bits per heavy atom. The van der Waals surface area contributed by atoms with Gasteiger partial charge in [0.15, 0.2) is 0 Å². The number of carbonyl (C=O) groups is 2. The SMILES string of the molecule is CCc1ccc(NC(=O)[C@@H]2[C@H]3C[C@H]4[C@H](OC(=O)[C@H]42)[C@@H]3Br)cc1. The molecule has 1 aliphatic heterocycles. The van der Waals surface area contributed by atoms with Crippen molar-refractivity contribution >= 4 is 33.5 Å². The van der Waals surface area contributed by atoms with Crippen LogP contribution >= 0.6 is 15.9 Å². The molecular formula is C17H18BrNO3. The van der Waals surface area contributed by atoms with Crippen LogP contribution in [-0.4, -0.2) is 22.8 Å². The van der Waals surface area contributed by atoms with Gasteiger partial charge in [0.05, 0.1) is 16.7 Å². The molecule has 1 N–H and O–H groups in total. The van der Waals surface area contributed by atoms with Gasteiger partial charge in [-0.1, -0.05) is 35.0 Å². The third-order valence-corrected chi connectivity index (χ3v) is 6.66. The highest BCUT2D eigenvalue weighted by atomic mass is 79.9. The summed E-state index contributed by atoms with van der Waals surface area (Å²) in [5, 5.41) is 2.98. The van der Waals surface area contributed by atoms with Gasteiger partial charge in [-0.05, 0) is 36.5 Å². The second-order valence-electron chi connectivity index (χ2n) is 6.50. The maximum Gasteiger partial charge on any atom is 0.310 e. The first-order valence-electron chi connectivity index (χ1n) is 7.84. The molecule has 5 heteroatoms. The van der Waals surface area contributed by atoms with Crippen LogP contribution in [0.3, 0.4) is 0 Å². The highest BCUT2D eigenvalue weighted by molar-refractivity contribution is 9.09. The van der Waals surface area contributed by atoms with Gasteiger partial charge in [-0.2, -0.15) is 0 Å². The van der Waals surface area contributed by atoms with Gasteiger partial charge in [0.25, 0.3) is 0 Å². The van der Waals surface area contributed by atoms with Crippen molar-refractivity contribution in [2.75, 3.05) is 5.32 Å². The number of halogens is 1. The molecule has 0 spiro atoms. The van der Waals surface area contributed by atoms with E-state index >= 15 is 0 Å². The van der Waals surface area contributed by atoms with Gasteiger partial charge in [-0.3, -0.25) is 9.59 Å². The summed E-state index contributed by atoms with van der Waals surface area (Å²) in [4.78, 5) is 24.9. The molecule has 3 aliphatic rings. The normalized spacial score (nSPS) is 38.2. The number of esters is 1. The van der Waals surface area contributed by atoms with Crippen molar-refractivity contribution < 1.29 is 14.3 Å². The maximum absolute atomic E-state index is 12.7. The first-order chi connectivity index (χ1) is 10.6. The summed E-state index contributed by atoms with van der Waals surface area (Å²) in [6.45, 7) is 2.10. The summed E-state index contributed by atoms with van der Waals surface area (Å²) in [7, 11) is 0. The van der Waals surface area contributed by atoms with E-state index in [0.29, 0.717) is 0 Å². The number of hydrogen-bond donors (Lipinski definition) is 1. The summed E-state index contributed by atoms with van der Waals surface area (Å²) in [6, 6.07) is 7.88. The number of amides is 1. The van der Waals surface area contributed by atoms with Crippen LogP contribution in [0.25, 0.3) is 0 Å². The minimum absolute atomic E-state index is 0.0320. The van der Waals surface area contributed by atoms with E-state index in [9.17, 15) is 9.59 Å². The molecule has 1 aromatic carbocycles. The molecule has 22 heavy (non-hydrogen) atoms. The van der Waals surface area contributed by atoms with Crippen molar-refractivity contribution in [3.8, 4) is 0 Å². The number of alkyl halides is 1. The molecular weight excluding hydrogens is 346 g/mol. The summed E-state index contributed by atoms with van der Waals surface area (Å²) < 4.78 is 5.45. The highest BCUT2D eigenvalue weighted by Gasteiger charge is 2.67. The minimum atomic E-state index is -0.272. The molecule has 2 bridgehead atoms. The number of nitrogens with one attached hydrogen (secondary N) is 1. The molecule has 0 aromatic heterocycles. The van der Waals surface area contributed by atoms with Gasteiger partial charge in [0, 0.05) is 11.6 Å². The average molecular weight is 364 g/mol. The Bertz CT molecular complexity index is 629. The van der Waals surface area contributed by atoms with E-state index in [1.165, 1.54) is 5.56 Å². The van der Waals surface area contributed by atoms with Gasteiger partial charge in [-0.15, -0.1) is 0 Å². The monoisotopic (exact) mass is 363 g/mol. The molecule has 3 fully saturated rings. The van der Waals surface area contributed by atoms with E-state index in [-0.39, 0.29) is 46.5 Å². The number of rotatable bonds is 3. The number of aryl methyl sites for hydroxylation is 1. The molecule has 1 aromatic rings. The van der Waals surface area contributed by atoms with Gasteiger partial charge >= 0.3 is 5.97 Å². The van der Waals surface area contributed by atoms with Crippen LogP contribution in [0, 0.1) is 23.7 Å². The van der Waals surface area contributed by atoms with E-state index in [1.807, 2.05) is 24.3 Å². The molecule has 116 valence electrons. The van der Waals surface area contributed by atoms with Crippen molar-refractivity contribution in [3.63, 3.8) is 0 Å². The summed E-state index contributed by atoms with van der Waals surface area (Å²) in [5.41, 5.74) is 2.03. The van der Waals surface area contributed by atoms with Gasteiger partial charge < -0.3 is 10.1 Å². The quantitative estimate of drug-likeness (QED) is 0.663. The largest absolute Gasteiger partial charge is 0.461 e. The van der Waals surface area contributed by atoms with Crippen LogP contribution in [0.1, 0.15) is 18.9 Å². The van der Waals surface area contributed by atoms with Crippen molar-refractivity contribution in [2.24, 2.45) is 23.7 Å². The summed E-state index contributed by atoms with van der Waals surface area (Å²) in [6.07, 6.45) is 1.85. The molecule has 1 amide bonds. The van der Waals surface area contributed by atoms with Gasteiger partial charge in [0.2, 0.25) is 5.91 Å². The summed E-state index contributed by atoms with van der Waals surface area (Å²) >= 11 is 3.63. The standard InChI is InChI=1S/C17H18BrNO3/c1-2-8-3-5-9(6-4-8)19-16(20)12-10-7-11-13(12)17(21)22-15(11)14(10)18/h3-6,10-15H,2,7H2,1H3,(H,19,20)/t10-,11-,12-,13-,14-,15+/m1/s1. The van der Waals surface area contributed by atoms with Crippen LogP contribution in [0.5, 0.6) is 0 Å². The molecule has 6 atom stereocenters. The molecule has 0 unspecified atom stereocenters. The number of anilines is 1. The Kier molecular flexibility index (Phi) is 3.29.